The molecule has 1 aliphatic rings. The van der Waals surface area contributed by atoms with Crippen LogP contribution in [-0.2, 0) is 14.6 Å². The third-order valence-corrected chi connectivity index (χ3v) is 4.27. The van der Waals surface area contributed by atoms with Gasteiger partial charge in [-0.2, -0.15) is 0 Å². The zero-order valence-electron chi connectivity index (χ0n) is 8.69. The molecule has 1 amide bonds. The van der Waals surface area contributed by atoms with Crippen molar-refractivity contribution in [1.29, 1.82) is 0 Å². The van der Waals surface area contributed by atoms with Crippen molar-refractivity contribution < 1.29 is 13.2 Å². The molecule has 0 saturated carbocycles. The van der Waals surface area contributed by atoms with Gasteiger partial charge >= 0.3 is 0 Å². The Balaban J connectivity index is 2.67. The van der Waals surface area contributed by atoms with Crippen LogP contribution in [0.4, 0.5) is 0 Å². The normalized spacial score (nSPS) is 24.9. The highest BCUT2D eigenvalue weighted by molar-refractivity contribution is 7.91. The van der Waals surface area contributed by atoms with E-state index >= 15 is 0 Å². The van der Waals surface area contributed by atoms with E-state index in [2.05, 4.69) is 0 Å². The summed E-state index contributed by atoms with van der Waals surface area (Å²) in [7, 11) is -2.89. The topological polar surface area (TPSA) is 54.5 Å². The van der Waals surface area contributed by atoms with Crippen molar-refractivity contribution in [1.82, 2.24) is 4.90 Å². The number of sulfone groups is 1. The minimum atomic E-state index is -2.89. The molecule has 0 aromatic carbocycles. The van der Waals surface area contributed by atoms with Crippen molar-refractivity contribution in [3.63, 3.8) is 0 Å². The molecule has 0 aromatic heterocycles. The summed E-state index contributed by atoms with van der Waals surface area (Å²) in [4.78, 5) is 12.9. The van der Waals surface area contributed by atoms with Gasteiger partial charge in [-0.1, -0.05) is 6.92 Å². The maximum Gasteiger partial charge on any atom is 0.219 e. The average molecular weight is 219 g/mol. The zero-order valence-corrected chi connectivity index (χ0v) is 9.51. The van der Waals surface area contributed by atoms with Crippen LogP contribution < -0.4 is 0 Å². The molecule has 0 spiro atoms. The van der Waals surface area contributed by atoms with Gasteiger partial charge in [-0.15, -0.1) is 0 Å². The lowest BCUT2D eigenvalue weighted by molar-refractivity contribution is -0.130. The second kappa shape index (κ2) is 4.29. The molecule has 1 saturated heterocycles. The smallest absolute Gasteiger partial charge is 0.219 e. The van der Waals surface area contributed by atoms with E-state index in [1.807, 2.05) is 6.92 Å². The molecular formula is C9H17NO3S. The number of carbonyl (C=O) groups is 1. The summed E-state index contributed by atoms with van der Waals surface area (Å²) in [6, 6.07) is -0.0857. The van der Waals surface area contributed by atoms with E-state index in [-0.39, 0.29) is 23.5 Å². The van der Waals surface area contributed by atoms with E-state index in [1.54, 1.807) is 4.90 Å². The molecule has 5 heteroatoms. The number of rotatable bonds is 3. The lowest BCUT2D eigenvalue weighted by Crippen LogP contribution is -2.40. The first-order chi connectivity index (χ1) is 6.46. The maximum absolute atomic E-state index is 11.3. The van der Waals surface area contributed by atoms with Crippen LogP contribution in [0.25, 0.3) is 0 Å². The predicted molar refractivity (Wildman–Crippen MR) is 54.7 cm³/mol. The molecule has 14 heavy (non-hydrogen) atoms. The first-order valence-electron chi connectivity index (χ1n) is 4.94. The molecule has 0 aliphatic carbocycles. The lowest BCUT2D eigenvalue weighted by atomic mass is 10.2. The highest BCUT2D eigenvalue weighted by atomic mass is 32.2. The van der Waals surface area contributed by atoms with E-state index < -0.39 is 9.84 Å². The quantitative estimate of drug-likeness (QED) is 0.691. The molecule has 4 nitrogen and oxygen atoms in total. The highest BCUT2D eigenvalue weighted by Crippen LogP contribution is 2.18. The SMILES string of the molecule is CCCN(C(C)=O)[C@@H]1CCS(=O)(=O)C1. The van der Waals surface area contributed by atoms with Crippen LogP contribution in [0.1, 0.15) is 26.7 Å². The third-order valence-electron chi connectivity index (χ3n) is 2.52. The van der Waals surface area contributed by atoms with Crippen LogP contribution in [0.15, 0.2) is 0 Å². The zero-order chi connectivity index (χ0) is 10.8. The molecule has 1 heterocycles. The number of nitrogens with zero attached hydrogens (tertiary/aromatic N) is 1. The largest absolute Gasteiger partial charge is 0.339 e. The molecule has 0 unspecified atom stereocenters. The van der Waals surface area contributed by atoms with E-state index in [4.69, 9.17) is 0 Å². The van der Waals surface area contributed by atoms with Gasteiger partial charge in [-0.3, -0.25) is 4.79 Å². The minimum Gasteiger partial charge on any atom is -0.339 e. The summed E-state index contributed by atoms with van der Waals surface area (Å²) < 4.78 is 22.5. The van der Waals surface area contributed by atoms with Crippen molar-refractivity contribution in [2.45, 2.75) is 32.7 Å². The molecule has 0 bridgehead atoms. The first kappa shape index (κ1) is 11.5. The van der Waals surface area contributed by atoms with E-state index in [9.17, 15) is 13.2 Å². The fourth-order valence-electron chi connectivity index (χ4n) is 1.86. The molecule has 82 valence electrons. The summed E-state index contributed by atoms with van der Waals surface area (Å²) in [6.45, 7) is 4.15. The van der Waals surface area contributed by atoms with Crippen LogP contribution in [0.2, 0.25) is 0 Å². The molecule has 1 rings (SSSR count). The summed E-state index contributed by atoms with van der Waals surface area (Å²) in [6.07, 6.45) is 1.47. The Bertz CT molecular complexity index is 310. The monoisotopic (exact) mass is 219 g/mol. The van der Waals surface area contributed by atoms with Gasteiger partial charge in [0.1, 0.15) is 0 Å². The molecular weight excluding hydrogens is 202 g/mol. The number of amides is 1. The Hall–Kier alpha value is -0.580. The molecule has 0 N–H and O–H groups in total. The second-order valence-electron chi connectivity index (χ2n) is 3.77. The second-order valence-corrected chi connectivity index (χ2v) is 6.00. The molecule has 1 fully saturated rings. The van der Waals surface area contributed by atoms with Crippen molar-refractivity contribution >= 4 is 15.7 Å². The Labute approximate surface area is 85.2 Å². The minimum absolute atomic E-state index is 0.0195. The van der Waals surface area contributed by atoms with Crippen LogP contribution in [0, 0.1) is 0 Å². The van der Waals surface area contributed by atoms with Gasteiger partial charge in [0.05, 0.1) is 11.5 Å². The van der Waals surface area contributed by atoms with Gasteiger partial charge in [0.15, 0.2) is 9.84 Å². The van der Waals surface area contributed by atoms with Crippen molar-refractivity contribution in [3.8, 4) is 0 Å². The number of hydrogen-bond donors (Lipinski definition) is 0. The number of hydrogen-bond acceptors (Lipinski definition) is 3. The molecule has 1 atom stereocenters. The van der Waals surface area contributed by atoms with E-state index in [0.717, 1.165) is 6.42 Å². The van der Waals surface area contributed by atoms with Gasteiger partial charge in [-0.05, 0) is 12.8 Å². The van der Waals surface area contributed by atoms with Crippen molar-refractivity contribution in [3.05, 3.63) is 0 Å². The average Bonchev–Trinajstić information content (AvgIpc) is 2.41. The van der Waals surface area contributed by atoms with Gasteiger partial charge in [0.25, 0.3) is 0 Å². The van der Waals surface area contributed by atoms with Crippen LogP contribution in [0.5, 0.6) is 0 Å². The fourth-order valence-corrected chi connectivity index (χ4v) is 3.59. The summed E-state index contributed by atoms with van der Waals surface area (Å²) >= 11 is 0. The van der Waals surface area contributed by atoms with Gasteiger partial charge < -0.3 is 4.90 Å². The Kier molecular flexibility index (Phi) is 3.53. The third kappa shape index (κ3) is 2.70. The lowest BCUT2D eigenvalue weighted by Gasteiger charge is -2.26. The molecule has 0 radical (unpaired) electrons. The fraction of sp³-hybridized carbons (Fsp3) is 0.889. The molecule has 1 aliphatic heterocycles. The summed E-state index contributed by atoms with van der Waals surface area (Å²) in [5.74, 6) is 0.353. The van der Waals surface area contributed by atoms with Crippen LogP contribution >= 0.6 is 0 Å². The van der Waals surface area contributed by atoms with Crippen molar-refractivity contribution in [2.24, 2.45) is 0 Å². The predicted octanol–water partition coefficient (Wildman–Crippen LogP) is 0.432. The summed E-state index contributed by atoms with van der Waals surface area (Å²) in [5, 5.41) is 0. The van der Waals surface area contributed by atoms with E-state index in [0.29, 0.717) is 13.0 Å². The summed E-state index contributed by atoms with van der Waals surface area (Å²) in [5.41, 5.74) is 0. The van der Waals surface area contributed by atoms with Crippen molar-refractivity contribution in [2.75, 3.05) is 18.1 Å². The standard InChI is InChI=1S/C9H17NO3S/c1-3-5-10(8(2)11)9-4-6-14(12,13)7-9/h9H,3-7H2,1-2H3/t9-/m1/s1. The Morgan fingerprint density at radius 3 is 2.50 bits per heavy atom. The van der Waals surface area contributed by atoms with Crippen LogP contribution in [0.3, 0.4) is 0 Å². The Morgan fingerprint density at radius 2 is 2.14 bits per heavy atom. The van der Waals surface area contributed by atoms with Gasteiger partial charge in [0, 0.05) is 19.5 Å². The first-order valence-corrected chi connectivity index (χ1v) is 6.76. The Morgan fingerprint density at radius 1 is 1.50 bits per heavy atom. The van der Waals surface area contributed by atoms with Gasteiger partial charge in [-0.25, -0.2) is 8.42 Å². The molecule has 0 aromatic rings. The van der Waals surface area contributed by atoms with Crippen LogP contribution in [-0.4, -0.2) is 43.3 Å². The van der Waals surface area contributed by atoms with Gasteiger partial charge in [0.2, 0.25) is 5.91 Å². The van der Waals surface area contributed by atoms with E-state index in [1.165, 1.54) is 6.92 Å². The number of carbonyl (C=O) groups excluding carboxylic acids is 1. The maximum atomic E-state index is 11.3. The highest BCUT2D eigenvalue weighted by Gasteiger charge is 2.32.